The van der Waals surface area contributed by atoms with Gasteiger partial charge in [0, 0.05) is 7.11 Å². The zero-order valence-electron chi connectivity index (χ0n) is 11.8. The fourth-order valence-corrected chi connectivity index (χ4v) is 2.94. The molecule has 0 spiro atoms. The lowest BCUT2D eigenvalue weighted by Gasteiger charge is -2.38. The van der Waals surface area contributed by atoms with E-state index >= 15 is 0 Å². The van der Waals surface area contributed by atoms with E-state index in [0.29, 0.717) is 0 Å². The summed E-state index contributed by atoms with van der Waals surface area (Å²) in [5, 5.41) is 0. The Bertz CT molecular complexity index is 235. The third-order valence-electron chi connectivity index (χ3n) is 4.40. The van der Waals surface area contributed by atoms with Gasteiger partial charge in [0.15, 0.2) is 0 Å². The van der Waals surface area contributed by atoms with Gasteiger partial charge in [-0.1, -0.05) is 38.3 Å². The van der Waals surface area contributed by atoms with Gasteiger partial charge < -0.3 is 10.5 Å². The molecule has 0 heterocycles. The number of allylic oxidation sites excluding steroid dienone is 1. The van der Waals surface area contributed by atoms with E-state index in [1.54, 1.807) is 7.11 Å². The topological polar surface area (TPSA) is 35.2 Å². The molecule has 17 heavy (non-hydrogen) atoms. The fourth-order valence-electron chi connectivity index (χ4n) is 2.94. The van der Waals surface area contributed by atoms with E-state index in [-0.39, 0.29) is 11.6 Å². The van der Waals surface area contributed by atoms with E-state index in [0.717, 1.165) is 19.3 Å². The highest BCUT2D eigenvalue weighted by molar-refractivity contribution is 5.17. The third-order valence-corrected chi connectivity index (χ3v) is 4.40. The van der Waals surface area contributed by atoms with Gasteiger partial charge in [0.1, 0.15) is 0 Å². The van der Waals surface area contributed by atoms with Gasteiger partial charge in [-0.25, -0.2) is 0 Å². The molecule has 2 N–H and O–H groups in total. The highest BCUT2D eigenvalue weighted by Crippen LogP contribution is 2.30. The van der Waals surface area contributed by atoms with Crippen LogP contribution in [0.4, 0.5) is 0 Å². The zero-order chi connectivity index (χ0) is 12.7. The van der Waals surface area contributed by atoms with Crippen LogP contribution in [0.3, 0.4) is 0 Å². The van der Waals surface area contributed by atoms with Gasteiger partial charge in [-0.2, -0.15) is 0 Å². The van der Waals surface area contributed by atoms with Crippen molar-refractivity contribution in [2.45, 2.75) is 76.9 Å². The van der Waals surface area contributed by atoms with E-state index in [9.17, 15) is 0 Å². The van der Waals surface area contributed by atoms with Crippen LogP contribution in [0.2, 0.25) is 0 Å². The molecule has 100 valence electrons. The predicted molar refractivity (Wildman–Crippen MR) is 74.1 cm³/mol. The average Bonchev–Trinajstić information content (AvgIpc) is 2.31. The summed E-state index contributed by atoms with van der Waals surface area (Å²) < 4.78 is 5.76. The lowest BCUT2D eigenvalue weighted by atomic mass is 9.81. The van der Waals surface area contributed by atoms with Crippen molar-refractivity contribution in [3.63, 3.8) is 0 Å². The van der Waals surface area contributed by atoms with Crippen molar-refractivity contribution >= 4 is 0 Å². The van der Waals surface area contributed by atoms with Gasteiger partial charge in [0.05, 0.1) is 11.6 Å². The van der Waals surface area contributed by atoms with Gasteiger partial charge in [-0.3, -0.25) is 0 Å². The van der Waals surface area contributed by atoms with E-state index in [1.165, 1.54) is 37.7 Å². The molecule has 0 radical (unpaired) electrons. The van der Waals surface area contributed by atoms with Crippen molar-refractivity contribution < 1.29 is 4.74 Å². The second-order valence-corrected chi connectivity index (χ2v) is 5.19. The molecular formula is C15H29NO. The quantitative estimate of drug-likeness (QED) is 0.741. The Hall–Kier alpha value is -0.340. The first-order valence-corrected chi connectivity index (χ1v) is 7.19. The second-order valence-electron chi connectivity index (χ2n) is 5.19. The molecule has 0 saturated heterocycles. The van der Waals surface area contributed by atoms with Crippen molar-refractivity contribution in [3.8, 4) is 0 Å². The van der Waals surface area contributed by atoms with Gasteiger partial charge in [-0.15, -0.1) is 0 Å². The number of hydrogen-bond donors (Lipinski definition) is 1. The third kappa shape index (κ3) is 3.56. The number of methoxy groups -OCH3 is 1. The molecule has 2 heteroatoms. The second kappa shape index (κ2) is 7.17. The van der Waals surface area contributed by atoms with E-state index in [4.69, 9.17) is 10.5 Å². The standard InChI is InChI=1S/C15H29NO/c1-4-15(5-2,17-3)14(16)13-11-9-7-6-8-10-12-13/h11,14H,4-10,12,16H2,1-3H3. The molecular weight excluding hydrogens is 210 g/mol. The van der Waals surface area contributed by atoms with E-state index in [2.05, 4.69) is 19.9 Å². The molecule has 0 aromatic heterocycles. The first-order valence-electron chi connectivity index (χ1n) is 7.19. The SMILES string of the molecule is CCC(CC)(OC)C(N)C1=CCCCCCC1. The summed E-state index contributed by atoms with van der Waals surface area (Å²) in [5.41, 5.74) is 7.75. The molecule has 0 bridgehead atoms. The molecule has 1 atom stereocenters. The largest absolute Gasteiger partial charge is 0.376 e. The number of nitrogens with two attached hydrogens (primary N) is 1. The molecule has 0 aromatic carbocycles. The molecule has 1 rings (SSSR count). The maximum Gasteiger partial charge on any atom is 0.0861 e. The van der Waals surface area contributed by atoms with E-state index < -0.39 is 0 Å². The summed E-state index contributed by atoms with van der Waals surface area (Å²) >= 11 is 0. The first kappa shape index (κ1) is 14.7. The number of hydrogen-bond acceptors (Lipinski definition) is 2. The van der Waals surface area contributed by atoms with Crippen LogP contribution >= 0.6 is 0 Å². The van der Waals surface area contributed by atoms with Crippen LogP contribution in [0.1, 0.15) is 65.2 Å². The average molecular weight is 239 g/mol. The molecule has 0 aromatic rings. The van der Waals surface area contributed by atoms with Gasteiger partial charge in [0.2, 0.25) is 0 Å². The fraction of sp³-hybridized carbons (Fsp3) is 0.867. The Morgan fingerprint density at radius 3 is 2.47 bits per heavy atom. The van der Waals surface area contributed by atoms with Gasteiger partial charge in [-0.05, 0) is 38.5 Å². The molecule has 1 aliphatic rings. The Morgan fingerprint density at radius 1 is 1.24 bits per heavy atom. The lowest BCUT2D eigenvalue weighted by Crippen LogP contribution is -2.50. The number of rotatable bonds is 5. The maximum absolute atomic E-state index is 6.49. The molecule has 0 fully saturated rings. The van der Waals surface area contributed by atoms with Crippen LogP contribution in [-0.4, -0.2) is 18.8 Å². The van der Waals surface area contributed by atoms with Crippen molar-refractivity contribution in [2.24, 2.45) is 5.73 Å². The highest BCUT2D eigenvalue weighted by atomic mass is 16.5. The number of ether oxygens (including phenoxy) is 1. The van der Waals surface area contributed by atoms with Crippen LogP contribution in [0.5, 0.6) is 0 Å². The van der Waals surface area contributed by atoms with E-state index in [1.807, 2.05) is 0 Å². The summed E-state index contributed by atoms with van der Waals surface area (Å²) in [7, 11) is 1.80. The monoisotopic (exact) mass is 239 g/mol. The normalized spacial score (nSPS) is 20.4. The zero-order valence-corrected chi connectivity index (χ0v) is 11.8. The van der Waals surface area contributed by atoms with Crippen LogP contribution in [-0.2, 0) is 4.74 Å². The molecule has 0 saturated carbocycles. The minimum atomic E-state index is -0.162. The smallest absolute Gasteiger partial charge is 0.0861 e. The molecule has 2 nitrogen and oxygen atoms in total. The summed E-state index contributed by atoms with van der Waals surface area (Å²) in [4.78, 5) is 0. The van der Waals surface area contributed by atoms with Crippen molar-refractivity contribution in [3.05, 3.63) is 11.6 Å². The highest BCUT2D eigenvalue weighted by Gasteiger charge is 2.35. The minimum Gasteiger partial charge on any atom is -0.376 e. The van der Waals surface area contributed by atoms with Crippen LogP contribution < -0.4 is 5.73 Å². The first-order chi connectivity index (χ1) is 8.20. The summed E-state index contributed by atoms with van der Waals surface area (Å²) in [6.45, 7) is 4.35. The summed E-state index contributed by atoms with van der Waals surface area (Å²) in [6.07, 6.45) is 12.0. The Balaban J connectivity index is 2.80. The van der Waals surface area contributed by atoms with Crippen LogP contribution in [0, 0.1) is 0 Å². The molecule has 0 amide bonds. The molecule has 1 aliphatic carbocycles. The predicted octanol–water partition coefficient (Wildman–Crippen LogP) is 3.80. The maximum atomic E-state index is 6.49. The Morgan fingerprint density at radius 2 is 1.88 bits per heavy atom. The van der Waals surface area contributed by atoms with Crippen LogP contribution in [0.15, 0.2) is 11.6 Å². The van der Waals surface area contributed by atoms with Gasteiger partial charge in [0.25, 0.3) is 0 Å². The minimum absolute atomic E-state index is 0.0700. The van der Waals surface area contributed by atoms with Crippen LogP contribution in [0.25, 0.3) is 0 Å². The van der Waals surface area contributed by atoms with Gasteiger partial charge >= 0.3 is 0 Å². The summed E-state index contributed by atoms with van der Waals surface area (Å²) in [5.74, 6) is 0. The lowest BCUT2D eigenvalue weighted by molar-refractivity contribution is -0.0298. The van der Waals surface area contributed by atoms with Crippen molar-refractivity contribution in [2.75, 3.05) is 7.11 Å². The molecule has 1 unspecified atom stereocenters. The summed E-state index contributed by atoms with van der Waals surface area (Å²) in [6, 6.07) is 0.0700. The Labute approximate surface area is 107 Å². The van der Waals surface area contributed by atoms with Crippen molar-refractivity contribution in [1.82, 2.24) is 0 Å². The van der Waals surface area contributed by atoms with Crippen molar-refractivity contribution in [1.29, 1.82) is 0 Å². The molecule has 0 aliphatic heterocycles. The Kier molecular flexibility index (Phi) is 6.21.